The highest BCUT2D eigenvalue weighted by Crippen LogP contribution is 2.33. The van der Waals surface area contributed by atoms with Crippen LogP contribution in [0.2, 0.25) is 5.02 Å². The number of H-pyrrole nitrogens is 1. The van der Waals surface area contributed by atoms with Crippen LogP contribution in [0.3, 0.4) is 0 Å². The lowest BCUT2D eigenvalue weighted by Gasteiger charge is -2.31. The molecule has 27 heavy (non-hydrogen) atoms. The van der Waals surface area contributed by atoms with Crippen molar-refractivity contribution in [3.05, 3.63) is 70.9 Å². The summed E-state index contributed by atoms with van der Waals surface area (Å²) < 4.78 is 5.46. The lowest BCUT2D eigenvalue weighted by Crippen LogP contribution is -2.32. The van der Waals surface area contributed by atoms with Crippen LogP contribution in [-0.4, -0.2) is 35.3 Å². The summed E-state index contributed by atoms with van der Waals surface area (Å²) in [5.74, 6) is 1.37. The van der Waals surface area contributed by atoms with E-state index in [0.29, 0.717) is 5.92 Å². The molecule has 1 aliphatic rings. The number of ether oxygens (including phenoxy) is 1. The topological polar surface area (TPSA) is 41.1 Å². The van der Waals surface area contributed by atoms with Gasteiger partial charge >= 0.3 is 0 Å². The van der Waals surface area contributed by atoms with Gasteiger partial charge in [0.1, 0.15) is 5.75 Å². The first-order valence-electron chi connectivity index (χ1n) is 9.39. The number of hydrogen-bond acceptors (Lipinski definition) is 3. The quantitative estimate of drug-likeness (QED) is 0.667. The molecule has 4 nitrogen and oxygen atoms in total. The molecular formula is C22H24ClN3O. The largest absolute Gasteiger partial charge is 0.496 e. The van der Waals surface area contributed by atoms with Gasteiger partial charge in [-0.15, -0.1) is 0 Å². The number of hydrogen-bond donors (Lipinski definition) is 1. The summed E-state index contributed by atoms with van der Waals surface area (Å²) in [6, 6.07) is 18.3. The minimum atomic E-state index is 0.517. The van der Waals surface area contributed by atoms with E-state index in [9.17, 15) is 0 Å². The predicted molar refractivity (Wildman–Crippen MR) is 109 cm³/mol. The number of nitrogens with zero attached hydrogens (tertiary/aromatic N) is 2. The van der Waals surface area contributed by atoms with Crippen LogP contribution in [0.1, 0.15) is 30.0 Å². The molecule has 1 N–H and O–H groups in total. The monoisotopic (exact) mass is 381 g/mol. The normalized spacial score (nSPS) is 15.8. The number of para-hydroxylation sites is 1. The number of aromatic amines is 1. The van der Waals surface area contributed by atoms with Crippen molar-refractivity contribution in [2.24, 2.45) is 0 Å². The number of benzene rings is 2. The number of methoxy groups -OCH3 is 1. The Hall–Kier alpha value is -2.30. The molecule has 0 amide bonds. The fourth-order valence-electron chi connectivity index (χ4n) is 3.81. The van der Waals surface area contributed by atoms with Gasteiger partial charge in [0.05, 0.1) is 12.8 Å². The molecule has 5 heteroatoms. The van der Waals surface area contributed by atoms with E-state index in [4.69, 9.17) is 16.3 Å². The number of halogens is 1. The van der Waals surface area contributed by atoms with Gasteiger partial charge in [-0.1, -0.05) is 41.9 Å². The summed E-state index contributed by atoms with van der Waals surface area (Å²) in [4.78, 5) is 2.48. The lowest BCUT2D eigenvalue weighted by molar-refractivity contribution is 0.203. The van der Waals surface area contributed by atoms with E-state index in [-0.39, 0.29) is 0 Å². The van der Waals surface area contributed by atoms with E-state index >= 15 is 0 Å². The molecule has 0 unspecified atom stereocenters. The SMILES string of the molecule is COc1ccccc1-c1cc(C2CCN(Cc3ccccc3Cl)CC2)[nH]n1. The Balaban J connectivity index is 1.40. The van der Waals surface area contributed by atoms with Crippen molar-refractivity contribution in [2.45, 2.75) is 25.3 Å². The zero-order valence-corrected chi connectivity index (χ0v) is 16.2. The number of nitrogens with one attached hydrogen (secondary N) is 1. The van der Waals surface area contributed by atoms with Gasteiger partial charge in [0.2, 0.25) is 0 Å². The fraction of sp³-hybridized carbons (Fsp3) is 0.318. The van der Waals surface area contributed by atoms with E-state index in [2.05, 4.69) is 33.3 Å². The Morgan fingerprint density at radius 2 is 1.85 bits per heavy atom. The average Bonchev–Trinajstić information content (AvgIpc) is 3.20. The third-order valence-corrected chi connectivity index (χ3v) is 5.73. The van der Waals surface area contributed by atoms with Crippen LogP contribution in [0.5, 0.6) is 5.75 Å². The summed E-state index contributed by atoms with van der Waals surface area (Å²) in [6.45, 7) is 3.06. The van der Waals surface area contributed by atoms with Crippen molar-refractivity contribution in [1.82, 2.24) is 15.1 Å². The Morgan fingerprint density at radius 3 is 2.63 bits per heavy atom. The van der Waals surface area contributed by atoms with Crippen LogP contribution in [0.15, 0.2) is 54.6 Å². The summed E-state index contributed by atoms with van der Waals surface area (Å²) in [7, 11) is 1.70. The van der Waals surface area contributed by atoms with Crippen LogP contribution in [0, 0.1) is 0 Å². The molecule has 1 saturated heterocycles. The molecule has 0 saturated carbocycles. The second-order valence-electron chi connectivity index (χ2n) is 7.05. The smallest absolute Gasteiger partial charge is 0.128 e. The molecule has 2 aromatic carbocycles. The molecule has 1 aromatic heterocycles. The molecule has 3 aromatic rings. The zero-order valence-electron chi connectivity index (χ0n) is 15.5. The molecule has 2 heterocycles. The van der Waals surface area contributed by atoms with Crippen LogP contribution < -0.4 is 4.74 Å². The summed E-state index contributed by atoms with van der Waals surface area (Å²) in [5.41, 5.74) is 4.39. The van der Waals surface area contributed by atoms with Gasteiger partial charge in [0, 0.05) is 28.7 Å². The van der Waals surface area contributed by atoms with Crippen LogP contribution in [0.25, 0.3) is 11.3 Å². The minimum absolute atomic E-state index is 0.517. The lowest BCUT2D eigenvalue weighted by atomic mass is 9.93. The van der Waals surface area contributed by atoms with E-state index < -0.39 is 0 Å². The van der Waals surface area contributed by atoms with Crippen molar-refractivity contribution >= 4 is 11.6 Å². The first kappa shape index (κ1) is 18.1. The number of piperidine rings is 1. The zero-order chi connectivity index (χ0) is 18.6. The number of rotatable bonds is 5. The molecule has 1 fully saturated rings. The average molecular weight is 382 g/mol. The molecule has 0 atom stereocenters. The highest BCUT2D eigenvalue weighted by atomic mass is 35.5. The Morgan fingerprint density at radius 1 is 1.11 bits per heavy atom. The number of likely N-dealkylation sites (tertiary alicyclic amines) is 1. The van der Waals surface area contributed by atoms with E-state index in [0.717, 1.165) is 54.5 Å². The molecule has 0 aliphatic carbocycles. The fourth-order valence-corrected chi connectivity index (χ4v) is 4.01. The van der Waals surface area contributed by atoms with Gasteiger partial charge in [0.15, 0.2) is 0 Å². The van der Waals surface area contributed by atoms with E-state index in [1.165, 1.54) is 11.3 Å². The first-order chi connectivity index (χ1) is 13.2. The highest BCUT2D eigenvalue weighted by Gasteiger charge is 2.23. The molecule has 0 bridgehead atoms. The van der Waals surface area contributed by atoms with Crippen molar-refractivity contribution < 1.29 is 4.74 Å². The molecular weight excluding hydrogens is 358 g/mol. The summed E-state index contributed by atoms with van der Waals surface area (Å²) in [6.07, 6.45) is 2.25. The van der Waals surface area contributed by atoms with Gasteiger partial charge in [-0.2, -0.15) is 5.10 Å². The van der Waals surface area contributed by atoms with Crippen molar-refractivity contribution in [2.75, 3.05) is 20.2 Å². The maximum Gasteiger partial charge on any atom is 0.128 e. The van der Waals surface area contributed by atoms with Gasteiger partial charge in [-0.05, 0) is 55.8 Å². The standard InChI is InChI=1S/C22H24ClN3O/c1-27-22-9-5-3-7-18(22)21-14-20(24-25-21)16-10-12-26(13-11-16)15-17-6-2-4-8-19(17)23/h2-9,14,16H,10-13,15H2,1H3,(H,24,25). The first-order valence-corrected chi connectivity index (χ1v) is 9.77. The van der Waals surface area contributed by atoms with Crippen LogP contribution in [-0.2, 0) is 6.54 Å². The Kier molecular flexibility index (Phi) is 5.46. The molecule has 0 spiro atoms. The second kappa shape index (κ2) is 8.15. The molecule has 140 valence electrons. The van der Waals surface area contributed by atoms with Gasteiger partial charge in [-0.25, -0.2) is 0 Å². The molecule has 0 radical (unpaired) electrons. The van der Waals surface area contributed by atoms with Crippen LogP contribution in [0.4, 0.5) is 0 Å². The van der Waals surface area contributed by atoms with Crippen LogP contribution >= 0.6 is 11.6 Å². The summed E-state index contributed by atoms with van der Waals surface area (Å²) >= 11 is 6.30. The predicted octanol–water partition coefficient (Wildman–Crippen LogP) is 5.12. The van der Waals surface area contributed by atoms with E-state index in [1.807, 2.05) is 36.4 Å². The minimum Gasteiger partial charge on any atom is -0.496 e. The maximum absolute atomic E-state index is 6.30. The van der Waals surface area contributed by atoms with E-state index in [1.54, 1.807) is 7.11 Å². The van der Waals surface area contributed by atoms with Gasteiger partial charge in [0.25, 0.3) is 0 Å². The summed E-state index contributed by atoms with van der Waals surface area (Å²) in [5, 5.41) is 8.64. The number of aromatic nitrogens is 2. The Labute approximate surface area is 165 Å². The van der Waals surface area contributed by atoms with Crippen molar-refractivity contribution in [3.63, 3.8) is 0 Å². The van der Waals surface area contributed by atoms with Crippen molar-refractivity contribution in [3.8, 4) is 17.0 Å². The third kappa shape index (κ3) is 4.02. The highest BCUT2D eigenvalue weighted by molar-refractivity contribution is 6.31. The third-order valence-electron chi connectivity index (χ3n) is 5.36. The second-order valence-corrected chi connectivity index (χ2v) is 7.46. The molecule has 4 rings (SSSR count). The molecule has 1 aliphatic heterocycles. The Bertz CT molecular complexity index is 900. The van der Waals surface area contributed by atoms with Gasteiger partial charge < -0.3 is 4.74 Å². The maximum atomic E-state index is 6.30. The van der Waals surface area contributed by atoms with Gasteiger partial charge in [-0.3, -0.25) is 10.00 Å². The van der Waals surface area contributed by atoms with Crippen molar-refractivity contribution in [1.29, 1.82) is 0 Å².